The Bertz CT molecular complexity index is 1710. The average molecular weight is 638 g/mol. The number of hydrogen-bond donors (Lipinski definition) is 2. The van der Waals surface area contributed by atoms with E-state index in [-0.39, 0.29) is 46.3 Å². The first-order valence-corrected chi connectivity index (χ1v) is 13.5. The lowest BCUT2D eigenvalue weighted by Gasteiger charge is -2.31. The highest BCUT2D eigenvalue weighted by Gasteiger charge is 2.31. The number of nitrogens with zero attached hydrogens (tertiary/aromatic N) is 5. The Balaban J connectivity index is 0.00000423. The Kier molecular flexibility index (Phi) is 9.78. The zero-order valence-corrected chi connectivity index (χ0v) is 24.7. The number of ether oxygens (including phenoxy) is 1. The SMILES string of the molecule is CCc1c(N2CCNCC2)c(=O)c2nc(-c3ccnc(OC)c3)cnc2n1CC(=O)Nc1ccc(C(F)(F)F)cc1Cl.Cl. The van der Waals surface area contributed by atoms with E-state index >= 15 is 0 Å². The first-order chi connectivity index (χ1) is 20.1. The van der Waals surface area contributed by atoms with E-state index in [0.717, 1.165) is 18.2 Å². The number of anilines is 2. The summed E-state index contributed by atoms with van der Waals surface area (Å²) in [6, 6.07) is 6.10. The molecule has 2 N–H and O–H groups in total. The minimum atomic E-state index is -4.57. The maximum absolute atomic E-state index is 14.0. The van der Waals surface area contributed by atoms with Crippen LogP contribution in [0.5, 0.6) is 5.88 Å². The van der Waals surface area contributed by atoms with Crippen molar-refractivity contribution in [2.45, 2.75) is 26.1 Å². The molecule has 0 saturated carbocycles. The van der Waals surface area contributed by atoms with Gasteiger partial charge in [-0.15, -0.1) is 12.4 Å². The van der Waals surface area contributed by atoms with Crippen molar-refractivity contribution in [3.8, 4) is 17.1 Å². The summed E-state index contributed by atoms with van der Waals surface area (Å²) in [7, 11) is 1.49. The maximum atomic E-state index is 14.0. The van der Waals surface area contributed by atoms with Crippen molar-refractivity contribution >= 4 is 52.5 Å². The van der Waals surface area contributed by atoms with Crippen molar-refractivity contribution in [1.29, 1.82) is 0 Å². The van der Waals surface area contributed by atoms with Gasteiger partial charge in [0.05, 0.1) is 35.3 Å². The Morgan fingerprint density at radius 3 is 2.56 bits per heavy atom. The molecule has 1 aliphatic rings. The smallest absolute Gasteiger partial charge is 0.416 e. The number of nitrogens with one attached hydrogen (secondary N) is 2. The normalized spacial score (nSPS) is 13.5. The van der Waals surface area contributed by atoms with Gasteiger partial charge in [0, 0.05) is 49.7 Å². The van der Waals surface area contributed by atoms with Gasteiger partial charge in [0.15, 0.2) is 11.2 Å². The minimum Gasteiger partial charge on any atom is -0.481 e. The Morgan fingerprint density at radius 2 is 1.91 bits per heavy atom. The Morgan fingerprint density at radius 1 is 1.16 bits per heavy atom. The fraction of sp³-hybridized carbons (Fsp3) is 0.321. The third-order valence-electron chi connectivity index (χ3n) is 6.92. The van der Waals surface area contributed by atoms with Crippen LogP contribution in [0.2, 0.25) is 5.02 Å². The van der Waals surface area contributed by atoms with Crippen LogP contribution in [0.3, 0.4) is 0 Å². The molecule has 43 heavy (non-hydrogen) atoms. The average Bonchev–Trinajstić information content (AvgIpc) is 2.99. The standard InChI is InChI=1S/C28H27ClF3N7O3.ClH/c1-3-21-25(38-10-8-33-9-11-38)26(41)24-27(35-14-20(37-24)16-6-7-34-23(12-16)42-2)39(21)15-22(40)36-19-5-4-17(13-18(19)29)28(30,31)32;/h4-7,12-14,33H,3,8-11,15H2,1-2H3,(H,36,40);1H. The van der Waals surface area contributed by atoms with Crippen LogP contribution in [0.25, 0.3) is 22.4 Å². The largest absolute Gasteiger partial charge is 0.481 e. The van der Waals surface area contributed by atoms with Gasteiger partial charge < -0.3 is 24.8 Å². The first kappa shape index (κ1) is 32.0. The molecule has 1 fully saturated rings. The predicted molar refractivity (Wildman–Crippen MR) is 160 cm³/mol. The number of aromatic nitrogens is 4. The zero-order chi connectivity index (χ0) is 30.0. The summed E-state index contributed by atoms with van der Waals surface area (Å²) in [6.07, 6.45) is -1.11. The fourth-order valence-corrected chi connectivity index (χ4v) is 5.15. The number of halogens is 5. The molecular weight excluding hydrogens is 610 g/mol. The van der Waals surface area contributed by atoms with Crippen molar-refractivity contribution < 1.29 is 22.7 Å². The van der Waals surface area contributed by atoms with E-state index in [4.69, 9.17) is 16.3 Å². The summed E-state index contributed by atoms with van der Waals surface area (Å²) in [6.45, 7) is 4.10. The topological polar surface area (TPSA) is 114 Å². The Labute approximate surface area is 255 Å². The summed E-state index contributed by atoms with van der Waals surface area (Å²) in [4.78, 5) is 42.6. The van der Waals surface area contributed by atoms with Gasteiger partial charge in [0.2, 0.25) is 17.2 Å². The summed E-state index contributed by atoms with van der Waals surface area (Å²) < 4.78 is 46.1. The van der Waals surface area contributed by atoms with Crippen LogP contribution < -0.4 is 25.7 Å². The maximum Gasteiger partial charge on any atom is 0.416 e. The third kappa shape index (κ3) is 6.68. The van der Waals surface area contributed by atoms with Crippen molar-refractivity contribution in [2.24, 2.45) is 0 Å². The summed E-state index contributed by atoms with van der Waals surface area (Å²) in [5.41, 5.74) is 1.17. The summed E-state index contributed by atoms with van der Waals surface area (Å²) in [5.74, 6) is -0.194. The molecule has 4 heterocycles. The summed E-state index contributed by atoms with van der Waals surface area (Å²) >= 11 is 6.07. The summed E-state index contributed by atoms with van der Waals surface area (Å²) in [5, 5.41) is 5.60. The van der Waals surface area contributed by atoms with Gasteiger partial charge in [-0.25, -0.2) is 15.0 Å². The second-order valence-corrected chi connectivity index (χ2v) is 9.96. The van der Waals surface area contributed by atoms with Gasteiger partial charge in [0.25, 0.3) is 0 Å². The van der Waals surface area contributed by atoms with Gasteiger partial charge in [-0.05, 0) is 30.7 Å². The second kappa shape index (κ2) is 13.1. The number of pyridine rings is 2. The van der Waals surface area contributed by atoms with Crippen molar-refractivity contribution in [3.05, 3.63) is 69.2 Å². The number of amides is 1. The molecule has 0 unspecified atom stereocenters. The molecule has 4 aromatic rings. The minimum absolute atomic E-state index is 0. The lowest BCUT2D eigenvalue weighted by molar-refractivity contribution is -0.137. The number of methoxy groups -OCH3 is 1. The number of fused-ring (bicyclic) bond motifs is 1. The number of alkyl halides is 3. The molecule has 0 aliphatic carbocycles. The highest BCUT2D eigenvalue weighted by Crippen LogP contribution is 2.34. The lowest BCUT2D eigenvalue weighted by atomic mass is 10.1. The molecule has 0 radical (unpaired) electrons. The second-order valence-electron chi connectivity index (χ2n) is 9.56. The van der Waals surface area contributed by atoms with Crippen LogP contribution >= 0.6 is 24.0 Å². The number of piperazine rings is 1. The van der Waals surface area contributed by atoms with Crippen molar-refractivity contribution in [1.82, 2.24) is 24.8 Å². The molecule has 1 aliphatic heterocycles. The highest BCUT2D eigenvalue weighted by molar-refractivity contribution is 6.33. The predicted octanol–water partition coefficient (Wildman–Crippen LogP) is 4.57. The zero-order valence-electron chi connectivity index (χ0n) is 23.2. The number of carbonyl (C=O) groups excluding carboxylic acids is 1. The monoisotopic (exact) mass is 637 g/mol. The van der Waals surface area contributed by atoms with Crippen LogP contribution in [-0.4, -0.2) is 58.7 Å². The van der Waals surface area contributed by atoms with Gasteiger partial charge in [-0.3, -0.25) is 9.59 Å². The third-order valence-corrected chi connectivity index (χ3v) is 7.23. The van der Waals surface area contributed by atoms with E-state index in [0.29, 0.717) is 61.1 Å². The number of rotatable bonds is 7. The fourth-order valence-electron chi connectivity index (χ4n) is 4.92. The molecule has 228 valence electrons. The molecule has 10 nitrogen and oxygen atoms in total. The molecule has 15 heteroatoms. The van der Waals surface area contributed by atoms with Crippen LogP contribution in [0.1, 0.15) is 18.2 Å². The molecule has 1 saturated heterocycles. The van der Waals surface area contributed by atoms with Gasteiger partial charge in [0.1, 0.15) is 12.2 Å². The van der Waals surface area contributed by atoms with Crippen LogP contribution in [0.4, 0.5) is 24.5 Å². The van der Waals surface area contributed by atoms with E-state index in [1.165, 1.54) is 13.3 Å². The highest BCUT2D eigenvalue weighted by atomic mass is 35.5. The Hall–Kier alpha value is -3.94. The van der Waals surface area contributed by atoms with E-state index in [2.05, 4.69) is 25.6 Å². The quantitative estimate of drug-likeness (QED) is 0.303. The molecule has 0 atom stereocenters. The van der Waals surface area contributed by atoms with E-state index < -0.39 is 17.6 Å². The molecule has 1 aromatic carbocycles. The van der Waals surface area contributed by atoms with Gasteiger partial charge in [-0.2, -0.15) is 13.2 Å². The van der Waals surface area contributed by atoms with Crippen LogP contribution in [0.15, 0.2) is 47.5 Å². The van der Waals surface area contributed by atoms with Gasteiger partial charge in [-0.1, -0.05) is 18.5 Å². The van der Waals surface area contributed by atoms with Crippen LogP contribution in [0, 0.1) is 0 Å². The lowest BCUT2D eigenvalue weighted by Crippen LogP contribution is -2.46. The first-order valence-electron chi connectivity index (χ1n) is 13.2. The molecule has 0 bridgehead atoms. The molecule has 0 spiro atoms. The molecule has 3 aromatic heterocycles. The van der Waals surface area contributed by atoms with E-state index in [1.54, 1.807) is 22.9 Å². The van der Waals surface area contributed by atoms with Gasteiger partial charge >= 0.3 is 6.18 Å². The van der Waals surface area contributed by atoms with Crippen molar-refractivity contribution in [3.63, 3.8) is 0 Å². The van der Waals surface area contributed by atoms with E-state index in [9.17, 15) is 22.8 Å². The molecule has 5 rings (SSSR count). The molecule has 1 amide bonds. The molecular formula is C28H28Cl2F3N7O3. The van der Waals surface area contributed by atoms with E-state index in [1.807, 2.05) is 11.8 Å². The van der Waals surface area contributed by atoms with Crippen LogP contribution in [-0.2, 0) is 23.9 Å². The number of benzene rings is 1. The number of hydrogen-bond acceptors (Lipinski definition) is 8. The van der Waals surface area contributed by atoms with Crippen molar-refractivity contribution in [2.75, 3.05) is 43.5 Å². The number of carbonyl (C=O) groups is 1.